The Hall–Kier alpha value is -3.81. The molecule has 0 fully saturated rings. The number of nitrogens with one attached hydrogen (secondary N) is 1. The molecule has 8 nitrogen and oxygen atoms in total. The summed E-state index contributed by atoms with van der Waals surface area (Å²) in [7, 11) is 4.68. The number of aryl methyl sites for hydroxylation is 1. The number of methoxy groups -OCH3 is 3. The molecule has 0 bridgehead atoms. The topological polar surface area (TPSA) is 91.8 Å². The van der Waals surface area contributed by atoms with E-state index in [1.54, 1.807) is 64.7 Å². The fraction of sp³-hybridized carbons (Fsp3) is 0.261. The van der Waals surface area contributed by atoms with E-state index in [0.29, 0.717) is 41.1 Å². The molecule has 0 amide bonds. The molecular weight excluding hydrogens is 398 g/mol. The monoisotopic (exact) mass is 423 g/mol. The van der Waals surface area contributed by atoms with Gasteiger partial charge in [0.2, 0.25) is 5.75 Å². The largest absolute Gasteiger partial charge is 0.493 e. The standard InChI is InChI=1S/C23H25N3O5/c1-6-31-23(27)15-7-9-17(10-8-15)25-20-11-14(2)24-22(26-20)16-12-18(28-3)21(30-5)19(13-16)29-4/h7-13H,6H2,1-5H3,(H,24,25,26). The zero-order chi connectivity index (χ0) is 22.4. The van der Waals surface area contributed by atoms with Crippen molar-refractivity contribution in [2.24, 2.45) is 0 Å². The van der Waals surface area contributed by atoms with Crippen molar-refractivity contribution in [3.05, 3.63) is 53.7 Å². The normalized spacial score (nSPS) is 10.4. The highest BCUT2D eigenvalue weighted by Crippen LogP contribution is 2.40. The molecule has 0 saturated carbocycles. The number of esters is 1. The van der Waals surface area contributed by atoms with Gasteiger partial charge in [-0.2, -0.15) is 0 Å². The molecule has 1 aromatic heterocycles. The van der Waals surface area contributed by atoms with Crippen molar-refractivity contribution in [1.29, 1.82) is 0 Å². The number of hydrogen-bond acceptors (Lipinski definition) is 8. The first-order valence-corrected chi connectivity index (χ1v) is 9.69. The highest BCUT2D eigenvalue weighted by molar-refractivity contribution is 5.89. The van der Waals surface area contributed by atoms with Gasteiger partial charge in [0.05, 0.1) is 33.5 Å². The Kier molecular flexibility index (Phi) is 6.92. The quantitative estimate of drug-likeness (QED) is 0.533. The molecule has 1 heterocycles. The molecule has 1 N–H and O–H groups in total. The summed E-state index contributed by atoms with van der Waals surface area (Å²) < 4.78 is 21.3. The van der Waals surface area contributed by atoms with Gasteiger partial charge in [0.15, 0.2) is 17.3 Å². The van der Waals surface area contributed by atoms with Crippen molar-refractivity contribution in [3.8, 4) is 28.6 Å². The Morgan fingerprint density at radius 2 is 1.58 bits per heavy atom. The van der Waals surface area contributed by atoms with E-state index in [-0.39, 0.29) is 5.97 Å². The van der Waals surface area contributed by atoms with Gasteiger partial charge in [-0.1, -0.05) is 0 Å². The second kappa shape index (κ2) is 9.80. The summed E-state index contributed by atoms with van der Waals surface area (Å²) in [6, 6.07) is 12.4. The zero-order valence-corrected chi connectivity index (χ0v) is 18.2. The van der Waals surface area contributed by atoms with Crippen LogP contribution in [0.15, 0.2) is 42.5 Å². The lowest BCUT2D eigenvalue weighted by molar-refractivity contribution is 0.0526. The van der Waals surface area contributed by atoms with Gasteiger partial charge in [0, 0.05) is 23.0 Å². The minimum atomic E-state index is -0.350. The molecule has 3 aromatic rings. The molecule has 3 rings (SSSR count). The second-order valence-electron chi connectivity index (χ2n) is 6.56. The van der Waals surface area contributed by atoms with Gasteiger partial charge in [-0.15, -0.1) is 0 Å². The predicted octanol–water partition coefficient (Wildman–Crippen LogP) is 4.40. The smallest absolute Gasteiger partial charge is 0.338 e. The van der Waals surface area contributed by atoms with Crippen LogP contribution in [0.25, 0.3) is 11.4 Å². The van der Waals surface area contributed by atoms with Crippen LogP contribution in [0.4, 0.5) is 11.5 Å². The Balaban J connectivity index is 1.91. The minimum Gasteiger partial charge on any atom is -0.493 e. The van der Waals surface area contributed by atoms with Gasteiger partial charge in [-0.25, -0.2) is 14.8 Å². The maximum atomic E-state index is 11.8. The second-order valence-corrected chi connectivity index (χ2v) is 6.56. The highest BCUT2D eigenvalue weighted by Gasteiger charge is 2.16. The number of anilines is 2. The number of hydrogen-bond donors (Lipinski definition) is 1. The molecule has 0 unspecified atom stereocenters. The van der Waals surface area contributed by atoms with Gasteiger partial charge in [0.25, 0.3) is 0 Å². The van der Waals surface area contributed by atoms with Crippen LogP contribution in [-0.4, -0.2) is 43.9 Å². The lowest BCUT2D eigenvalue weighted by atomic mass is 10.1. The average molecular weight is 423 g/mol. The number of carbonyl (C=O) groups excluding carboxylic acids is 1. The number of benzene rings is 2. The van der Waals surface area contributed by atoms with Gasteiger partial charge in [-0.3, -0.25) is 0 Å². The van der Waals surface area contributed by atoms with Gasteiger partial charge in [-0.05, 0) is 50.2 Å². The SMILES string of the molecule is CCOC(=O)c1ccc(Nc2cc(C)nc(-c3cc(OC)c(OC)c(OC)c3)n2)cc1. The maximum absolute atomic E-state index is 11.8. The minimum absolute atomic E-state index is 0.336. The van der Waals surface area contributed by atoms with E-state index < -0.39 is 0 Å². The fourth-order valence-corrected chi connectivity index (χ4v) is 3.02. The van der Waals surface area contributed by atoms with Gasteiger partial charge < -0.3 is 24.3 Å². The summed E-state index contributed by atoms with van der Waals surface area (Å²) in [5.74, 6) is 2.31. The lowest BCUT2D eigenvalue weighted by Crippen LogP contribution is -2.04. The van der Waals surface area contributed by atoms with Crippen LogP contribution in [0.5, 0.6) is 17.2 Å². The number of ether oxygens (including phenoxy) is 4. The van der Waals surface area contributed by atoms with Crippen molar-refractivity contribution in [1.82, 2.24) is 9.97 Å². The Bertz CT molecular complexity index is 1040. The molecule has 0 radical (unpaired) electrons. The molecule has 0 aliphatic carbocycles. The average Bonchev–Trinajstić information content (AvgIpc) is 2.78. The van der Waals surface area contributed by atoms with E-state index >= 15 is 0 Å². The maximum Gasteiger partial charge on any atom is 0.338 e. The van der Waals surface area contributed by atoms with Gasteiger partial charge >= 0.3 is 5.97 Å². The van der Waals surface area contributed by atoms with Gasteiger partial charge in [0.1, 0.15) is 5.82 Å². The molecule has 2 aromatic carbocycles. The lowest BCUT2D eigenvalue weighted by Gasteiger charge is -2.14. The van der Waals surface area contributed by atoms with Crippen molar-refractivity contribution in [2.75, 3.05) is 33.3 Å². The summed E-state index contributed by atoms with van der Waals surface area (Å²) in [5, 5.41) is 3.24. The third-order valence-corrected chi connectivity index (χ3v) is 4.45. The summed E-state index contributed by atoms with van der Waals surface area (Å²) in [4.78, 5) is 21.0. The van der Waals surface area contributed by atoms with E-state index in [1.165, 1.54) is 0 Å². The van der Waals surface area contributed by atoms with Crippen LogP contribution in [0, 0.1) is 6.92 Å². The van der Waals surface area contributed by atoms with Crippen molar-refractivity contribution < 1.29 is 23.7 Å². The number of aromatic nitrogens is 2. The first kappa shape index (κ1) is 21.9. The van der Waals surface area contributed by atoms with Crippen LogP contribution < -0.4 is 19.5 Å². The van der Waals surface area contributed by atoms with Crippen molar-refractivity contribution in [2.45, 2.75) is 13.8 Å². The van der Waals surface area contributed by atoms with Crippen LogP contribution in [0.1, 0.15) is 23.0 Å². The third-order valence-electron chi connectivity index (χ3n) is 4.45. The molecule has 0 spiro atoms. The van der Waals surface area contributed by atoms with E-state index in [9.17, 15) is 4.79 Å². The molecular formula is C23H25N3O5. The molecule has 0 atom stereocenters. The summed E-state index contributed by atoms with van der Waals surface area (Å²) in [5.41, 5.74) is 2.77. The Morgan fingerprint density at radius 3 is 2.13 bits per heavy atom. The number of nitrogens with zero attached hydrogens (tertiary/aromatic N) is 2. The molecule has 162 valence electrons. The molecule has 0 aliphatic heterocycles. The van der Waals surface area contributed by atoms with Crippen molar-refractivity contribution in [3.63, 3.8) is 0 Å². The van der Waals surface area contributed by atoms with Crippen LogP contribution in [0.3, 0.4) is 0 Å². The van der Waals surface area contributed by atoms with E-state index in [1.807, 2.05) is 13.0 Å². The fourth-order valence-electron chi connectivity index (χ4n) is 3.02. The van der Waals surface area contributed by atoms with E-state index in [4.69, 9.17) is 18.9 Å². The summed E-state index contributed by atoms with van der Waals surface area (Å²) in [6.45, 7) is 4.00. The Labute approximate surface area is 181 Å². The molecule has 8 heteroatoms. The number of rotatable bonds is 8. The molecule has 0 saturated heterocycles. The first-order chi connectivity index (χ1) is 15.0. The molecule has 31 heavy (non-hydrogen) atoms. The van der Waals surface area contributed by atoms with E-state index in [0.717, 1.165) is 16.9 Å². The summed E-state index contributed by atoms with van der Waals surface area (Å²) >= 11 is 0. The molecule has 0 aliphatic rings. The van der Waals surface area contributed by atoms with E-state index in [2.05, 4.69) is 15.3 Å². The summed E-state index contributed by atoms with van der Waals surface area (Å²) in [6.07, 6.45) is 0. The Morgan fingerprint density at radius 1 is 0.935 bits per heavy atom. The number of carbonyl (C=O) groups is 1. The van der Waals surface area contributed by atoms with Crippen molar-refractivity contribution >= 4 is 17.5 Å². The third kappa shape index (κ3) is 5.03. The zero-order valence-electron chi connectivity index (χ0n) is 18.2. The van der Waals surface area contributed by atoms with Crippen LogP contribution >= 0.6 is 0 Å². The van der Waals surface area contributed by atoms with Crippen LogP contribution in [-0.2, 0) is 4.74 Å². The highest BCUT2D eigenvalue weighted by atomic mass is 16.5. The van der Waals surface area contributed by atoms with Crippen LogP contribution in [0.2, 0.25) is 0 Å². The predicted molar refractivity (Wildman–Crippen MR) is 118 cm³/mol. The first-order valence-electron chi connectivity index (χ1n) is 9.69.